The molecule has 5 heteroatoms. The molecule has 0 heterocycles. The van der Waals surface area contributed by atoms with Gasteiger partial charge in [-0.1, -0.05) is 0 Å². The van der Waals surface area contributed by atoms with E-state index in [1.807, 2.05) is 13.8 Å². The molecule has 3 N–H and O–H groups in total. The van der Waals surface area contributed by atoms with Crippen LogP contribution in [-0.2, 0) is 0 Å². The van der Waals surface area contributed by atoms with Gasteiger partial charge >= 0.3 is 0 Å². The van der Waals surface area contributed by atoms with Crippen LogP contribution in [0, 0.1) is 0 Å². The normalized spacial score (nSPS) is 11.3. The fourth-order valence-corrected chi connectivity index (χ4v) is 1.54. The minimum Gasteiger partial charge on any atom is -0.394 e. The van der Waals surface area contributed by atoms with E-state index in [2.05, 4.69) is 10.6 Å². The van der Waals surface area contributed by atoms with Crippen LogP contribution in [0.1, 0.15) is 48.4 Å². The van der Waals surface area contributed by atoms with Gasteiger partial charge in [-0.15, -0.1) is 0 Å². The first kappa shape index (κ1) is 16.2. The van der Waals surface area contributed by atoms with Crippen LogP contribution in [0.4, 0.5) is 0 Å². The highest BCUT2D eigenvalue weighted by Crippen LogP contribution is 2.08. The lowest BCUT2D eigenvalue weighted by Gasteiger charge is -2.23. The molecule has 0 aromatic heterocycles. The highest BCUT2D eigenvalue weighted by atomic mass is 16.3. The number of hydrogen-bond donors (Lipinski definition) is 3. The summed E-state index contributed by atoms with van der Waals surface area (Å²) in [5, 5.41) is 14.6. The molecular formula is C15H22N2O3. The van der Waals surface area contributed by atoms with Gasteiger partial charge in [0.2, 0.25) is 0 Å². The summed E-state index contributed by atoms with van der Waals surface area (Å²) in [5.74, 6) is -0.442. The maximum Gasteiger partial charge on any atom is 0.251 e. The molecule has 5 nitrogen and oxygen atoms in total. The van der Waals surface area contributed by atoms with Crippen molar-refractivity contribution in [1.82, 2.24) is 10.6 Å². The molecule has 0 bridgehead atoms. The predicted octanol–water partition coefficient (Wildman–Crippen LogP) is 1.33. The summed E-state index contributed by atoms with van der Waals surface area (Å²) in [4.78, 5) is 23.7. The topological polar surface area (TPSA) is 78.4 Å². The van der Waals surface area contributed by atoms with Crippen molar-refractivity contribution in [3.63, 3.8) is 0 Å². The summed E-state index contributed by atoms with van der Waals surface area (Å²) in [7, 11) is 0. The summed E-state index contributed by atoms with van der Waals surface area (Å²) < 4.78 is 0. The summed E-state index contributed by atoms with van der Waals surface area (Å²) >= 11 is 0. The minimum atomic E-state index is -0.676. The van der Waals surface area contributed by atoms with E-state index in [1.165, 1.54) is 0 Å². The summed E-state index contributed by atoms with van der Waals surface area (Å²) in [6.45, 7) is 7.09. The molecule has 0 aliphatic rings. The lowest BCUT2D eigenvalue weighted by Crippen LogP contribution is -2.46. The van der Waals surface area contributed by atoms with Gasteiger partial charge in [-0.05, 0) is 52.0 Å². The third-order valence-electron chi connectivity index (χ3n) is 2.68. The molecule has 1 aromatic rings. The SMILES string of the molecule is CC(C)NC(=O)c1ccc(C(=O)NC(C)(C)CO)cc1. The highest BCUT2D eigenvalue weighted by Gasteiger charge is 2.20. The largest absolute Gasteiger partial charge is 0.394 e. The first-order valence-corrected chi connectivity index (χ1v) is 6.59. The van der Waals surface area contributed by atoms with Crippen molar-refractivity contribution in [2.24, 2.45) is 0 Å². The second-order valence-electron chi connectivity index (χ2n) is 5.70. The summed E-state index contributed by atoms with van der Waals surface area (Å²) in [6.07, 6.45) is 0. The molecule has 0 radical (unpaired) electrons. The minimum absolute atomic E-state index is 0.0656. The van der Waals surface area contributed by atoms with Crippen molar-refractivity contribution < 1.29 is 14.7 Å². The molecule has 2 amide bonds. The molecule has 0 spiro atoms. The molecular weight excluding hydrogens is 256 g/mol. The second kappa shape index (κ2) is 6.52. The van der Waals surface area contributed by atoms with E-state index < -0.39 is 5.54 Å². The van der Waals surface area contributed by atoms with E-state index in [-0.39, 0.29) is 24.5 Å². The van der Waals surface area contributed by atoms with E-state index in [4.69, 9.17) is 5.11 Å². The number of carbonyl (C=O) groups excluding carboxylic acids is 2. The smallest absolute Gasteiger partial charge is 0.251 e. The second-order valence-corrected chi connectivity index (χ2v) is 5.70. The first-order chi connectivity index (χ1) is 9.25. The quantitative estimate of drug-likeness (QED) is 0.760. The Morgan fingerprint density at radius 1 is 1.10 bits per heavy atom. The van der Waals surface area contributed by atoms with Gasteiger partial charge in [-0.2, -0.15) is 0 Å². The zero-order valence-electron chi connectivity index (χ0n) is 12.4. The predicted molar refractivity (Wildman–Crippen MR) is 77.7 cm³/mol. The lowest BCUT2D eigenvalue weighted by molar-refractivity contribution is 0.0867. The molecule has 0 unspecified atom stereocenters. The Morgan fingerprint density at radius 2 is 1.55 bits per heavy atom. The van der Waals surface area contributed by atoms with Gasteiger partial charge < -0.3 is 15.7 Å². The Morgan fingerprint density at radius 3 is 1.95 bits per heavy atom. The number of aliphatic hydroxyl groups is 1. The molecule has 0 saturated heterocycles. The van der Waals surface area contributed by atoms with Crippen molar-refractivity contribution in [1.29, 1.82) is 0 Å². The molecule has 1 aromatic carbocycles. The Labute approximate surface area is 119 Å². The summed E-state index contributed by atoms with van der Waals surface area (Å²) in [5.41, 5.74) is 0.286. The average molecular weight is 278 g/mol. The molecule has 0 atom stereocenters. The highest BCUT2D eigenvalue weighted by molar-refractivity contribution is 5.98. The van der Waals surface area contributed by atoms with Crippen LogP contribution in [0.15, 0.2) is 24.3 Å². The maximum atomic E-state index is 12.0. The molecule has 1 rings (SSSR count). The monoisotopic (exact) mass is 278 g/mol. The van der Waals surface area contributed by atoms with Crippen molar-refractivity contribution >= 4 is 11.8 Å². The van der Waals surface area contributed by atoms with Gasteiger partial charge in [-0.25, -0.2) is 0 Å². The number of hydrogen-bond acceptors (Lipinski definition) is 3. The Hall–Kier alpha value is -1.88. The molecule has 20 heavy (non-hydrogen) atoms. The standard InChI is InChI=1S/C15H22N2O3/c1-10(2)16-13(19)11-5-7-12(8-6-11)14(20)17-15(3,4)9-18/h5-8,10,18H,9H2,1-4H3,(H,16,19)(H,17,20). The molecule has 0 saturated carbocycles. The summed E-state index contributed by atoms with van der Waals surface area (Å²) in [6, 6.07) is 6.48. The fraction of sp³-hybridized carbons (Fsp3) is 0.467. The zero-order valence-corrected chi connectivity index (χ0v) is 12.4. The molecule has 0 fully saturated rings. The van der Waals surface area contributed by atoms with E-state index in [9.17, 15) is 9.59 Å². The zero-order chi connectivity index (χ0) is 15.3. The number of nitrogens with one attached hydrogen (secondary N) is 2. The van der Waals surface area contributed by atoms with Crippen LogP contribution in [0.25, 0.3) is 0 Å². The number of amides is 2. The third-order valence-corrected chi connectivity index (χ3v) is 2.68. The maximum absolute atomic E-state index is 12.0. The van der Waals surface area contributed by atoms with Crippen LogP contribution < -0.4 is 10.6 Å². The van der Waals surface area contributed by atoms with E-state index in [1.54, 1.807) is 38.1 Å². The van der Waals surface area contributed by atoms with Crippen molar-refractivity contribution in [3.05, 3.63) is 35.4 Å². The van der Waals surface area contributed by atoms with Gasteiger partial charge in [0.15, 0.2) is 0 Å². The lowest BCUT2D eigenvalue weighted by atomic mass is 10.1. The van der Waals surface area contributed by atoms with Gasteiger partial charge in [-0.3, -0.25) is 9.59 Å². The van der Waals surface area contributed by atoms with Crippen LogP contribution >= 0.6 is 0 Å². The van der Waals surface area contributed by atoms with Crippen LogP contribution in [0.2, 0.25) is 0 Å². The first-order valence-electron chi connectivity index (χ1n) is 6.59. The number of aliphatic hydroxyl groups excluding tert-OH is 1. The Balaban J connectivity index is 2.76. The van der Waals surface area contributed by atoms with Gasteiger partial charge in [0, 0.05) is 17.2 Å². The van der Waals surface area contributed by atoms with Gasteiger partial charge in [0.1, 0.15) is 0 Å². The van der Waals surface area contributed by atoms with Gasteiger partial charge in [0.25, 0.3) is 11.8 Å². The van der Waals surface area contributed by atoms with Crippen LogP contribution in [0.3, 0.4) is 0 Å². The van der Waals surface area contributed by atoms with Crippen molar-refractivity contribution in [3.8, 4) is 0 Å². The van der Waals surface area contributed by atoms with E-state index in [0.29, 0.717) is 11.1 Å². The van der Waals surface area contributed by atoms with Gasteiger partial charge in [0.05, 0.1) is 12.1 Å². The molecule has 0 aliphatic heterocycles. The average Bonchev–Trinajstić information content (AvgIpc) is 2.37. The Bertz CT molecular complexity index is 478. The number of carbonyl (C=O) groups is 2. The number of rotatable bonds is 5. The van der Waals surface area contributed by atoms with Crippen LogP contribution in [-0.4, -0.2) is 35.1 Å². The molecule has 0 aliphatic carbocycles. The van der Waals surface area contributed by atoms with Crippen LogP contribution in [0.5, 0.6) is 0 Å². The van der Waals surface area contributed by atoms with Crippen molar-refractivity contribution in [2.45, 2.75) is 39.3 Å². The third kappa shape index (κ3) is 4.66. The van der Waals surface area contributed by atoms with E-state index >= 15 is 0 Å². The van der Waals surface area contributed by atoms with E-state index in [0.717, 1.165) is 0 Å². The molecule has 110 valence electrons. The Kier molecular flexibility index (Phi) is 5.27. The van der Waals surface area contributed by atoms with Crippen molar-refractivity contribution in [2.75, 3.05) is 6.61 Å². The number of benzene rings is 1. The fourth-order valence-electron chi connectivity index (χ4n) is 1.54.